The highest BCUT2D eigenvalue weighted by Gasteiger charge is 2.45. The van der Waals surface area contributed by atoms with E-state index in [1.165, 1.54) is 55.5 Å². The van der Waals surface area contributed by atoms with Crippen LogP contribution in [0.1, 0.15) is 53.9 Å². The van der Waals surface area contributed by atoms with Gasteiger partial charge in [-0.2, -0.15) is 0 Å². The molecule has 1 atom stereocenters. The van der Waals surface area contributed by atoms with Crippen molar-refractivity contribution in [3.8, 4) is 0 Å². The fraction of sp³-hybridized carbons (Fsp3) is 0.647. The molecule has 0 aromatic heterocycles. The molecule has 1 aliphatic carbocycles. The Bertz CT molecular complexity index is 426. The summed E-state index contributed by atoms with van der Waals surface area (Å²) < 4.78 is 0. The molecule has 1 N–H and O–H groups in total. The zero-order valence-corrected chi connectivity index (χ0v) is 12.0. The van der Waals surface area contributed by atoms with Gasteiger partial charge in [-0.1, -0.05) is 30.5 Å². The van der Waals surface area contributed by atoms with Crippen LogP contribution in [0, 0.1) is 26.2 Å². The highest BCUT2D eigenvalue weighted by molar-refractivity contribution is 5.42. The van der Waals surface area contributed by atoms with E-state index in [1.54, 1.807) is 5.56 Å². The summed E-state index contributed by atoms with van der Waals surface area (Å²) in [5.74, 6) is 0.751. The third-order valence-corrected chi connectivity index (χ3v) is 5.25. The maximum absolute atomic E-state index is 3.67. The molecule has 2 aliphatic rings. The Morgan fingerprint density at radius 1 is 1.06 bits per heavy atom. The number of aryl methyl sites for hydroxylation is 3. The van der Waals surface area contributed by atoms with Crippen LogP contribution in [0.25, 0.3) is 0 Å². The molecule has 1 spiro atoms. The highest BCUT2D eigenvalue weighted by Crippen LogP contribution is 2.52. The van der Waals surface area contributed by atoms with E-state index < -0.39 is 0 Å². The van der Waals surface area contributed by atoms with E-state index in [0.717, 1.165) is 5.92 Å². The molecular formula is C17H25N. The standard InChI is InChI=1S/C17H25N/c1-12-8-13(2)16(14(3)9-12)15-10-18-11-17(15)6-4-5-7-17/h8-9,15,18H,4-7,10-11H2,1-3H3. The molecule has 2 fully saturated rings. The normalized spacial score (nSPS) is 26.1. The Morgan fingerprint density at radius 3 is 2.28 bits per heavy atom. The summed E-state index contributed by atoms with van der Waals surface area (Å²) >= 11 is 0. The average molecular weight is 243 g/mol. The van der Waals surface area contributed by atoms with E-state index >= 15 is 0 Å². The summed E-state index contributed by atoms with van der Waals surface area (Å²) in [4.78, 5) is 0. The van der Waals surface area contributed by atoms with Crippen molar-refractivity contribution < 1.29 is 0 Å². The first-order chi connectivity index (χ1) is 8.62. The quantitative estimate of drug-likeness (QED) is 0.790. The van der Waals surface area contributed by atoms with Gasteiger partial charge in [-0.05, 0) is 55.7 Å². The second-order valence-electron chi connectivity index (χ2n) is 6.57. The topological polar surface area (TPSA) is 12.0 Å². The first kappa shape index (κ1) is 12.2. The van der Waals surface area contributed by atoms with Gasteiger partial charge in [-0.15, -0.1) is 0 Å². The Kier molecular flexibility index (Phi) is 2.97. The summed E-state index contributed by atoms with van der Waals surface area (Å²) in [5.41, 5.74) is 6.64. The maximum Gasteiger partial charge on any atom is 0.00373 e. The van der Waals surface area contributed by atoms with Crippen LogP contribution in [0.5, 0.6) is 0 Å². The van der Waals surface area contributed by atoms with Crippen LogP contribution in [0.2, 0.25) is 0 Å². The van der Waals surface area contributed by atoms with Crippen molar-refractivity contribution >= 4 is 0 Å². The molecule has 0 amide bonds. The van der Waals surface area contributed by atoms with Crippen molar-refractivity contribution in [3.63, 3.8) is 0 Å². The minimum atomic E-state index is 0.574. The lowest BCUT2D eigenvalue weighted by molar-refractivity contribution is 0.293. The van der Waals surface area contributed by atoms with Gasteiger partial charge in [0.05, 0.1) is 0 Å². The molecular weight excluding hydrogens is 218 g/mol. The van der Waals surface area contributed by atoms with Gasteiger partial charge in [-0.25, -0.2) is 0 Å². The molecule has 18 heavy (non-hydrogen) atoms. The van der Waals surface area contributed by atoms with Gasteiger partial charge < -0.3 is 5.32 Å². The van der Waals surface area contributed by atoms with Crippen LogP contribution >= 0.6 is 0 Å². The summed E-state index contributed by atoms with van der Waals surface area (Å²) in [6.45, 7) is 9.24. The SMILES string of the molecule is Cc1cc(C)c(C2CNCC23CCCC3)c(C)c1. The lowest BCUT2D eigenvalue weighted by Crippen LogP contribution is -2.26. The second-order valence-corrected chi connectivity index (χ2v) is 6.57. The molecule has 1 saturated heterocycles. The smallest absolute Gasteiger partial charge is 0.00373 e. The zero-order valence-electron chi connectivity index (χ0n) is 12.0. The molecule has 1 aromatic rings. The van der Waals surface area contributed by atoms with Crippen molar-refractivity contribution in [3.05, 3.63) is 34.4 Å². The molecule has 98 valence electrons. The molecule has 1 heterocycles. The van der Waals surface area contributed by atoms with E-state index in [-0.39, 0.29) is 0 Å². The van der Waals surface area contributed by atoms with Gasteiger partial charge in [0.25, 0.3) is 0 Å². The lowest BCUT2D eigenvalue weighted by Gasteiger charge is -2.32. The van der Waals surface area contributed by atoms with Gasteiger partial charge >= 0.3 is 0 Å². The number of hydrogen-bond donors (Lipinski definition) is 1. The summed E-state index contributed by atoms with van der Waals surface area (Å²) in [6, 6.07) is 4.73. The van der Waals surface area contributed by atoms with Crippen molar-refractivity contribution in [1.29, 1.82) is 0 Å². The Labute approximate surface area is 111 Å². The van der Waals surface area contributed by atoms with Gasteiger partial charge in [-0.3, -0.25) is 0 Å². The minimum absolute atomic E-state index is 0.574. The molecule has 1 heteroatoms. The van der Waals surface area contributed by atoms with Gasteiger partial charge in [0.15, 0.2) is 0 Å². The largest absolute Gasteiger partial charge is 0.316 e. The van der Waals surface area contributed by atoms with Crippen LogP contribution in [-0.2, 0) is 0 Å². The van der Waals surface area contributed by atoms with Crippen LogP contribution in [0.15, 0.2) is 12.1 Å². The van der Waals surface area contributed by atoms with Crippen LogP contribution in [0.4, 0.5) is 0 Å². The molecule has 1 unspecified atom stereocenters. The fourth-order valence-electron chi connectivity index (χ4n) is 4.56. The third-order valence-electron chi connectivity index (χ3n) is 5.25. The van der Waals surface area contributed by atoms with Crippen molar-refractivity contribution in [2.75, 3.05) is 13.1 Å². The maximum atomic E-state index is 3.67. The highest BCUT2D eigenvalue weighted by atomic mass is 14.9. The van der Waals surface area contributed by atoms with Gasteiger partial charge in [0.1, 0.15) is 0 Å². The van der Waals surface area contributed by atoms with Crippen molar-refractivity contribution in [2.45, 2.75) is 52.4 Å². The van der Waals surface area contributed by atoms with E-state index in [9.17, 15) is 0 Å². The first-order valence-corrected chi connectivity index (χ1v) is 7.41. The van der Waals surface area contributed by atoms with Crippen LogP contribution in [-0.4, -0.2) is 13.1 Å². The number of benzene rings is 1. The zero-order chi connectivity index (χ0) is 12.8. The molecule has 0 bridgehead atoms. The Balaban J connectivity index is 2.04. The monoisotopic (exact) mass is 243 g/mol. The first-order valence-electron chi connectivity index (χ1n) is 7.41. The Hall–Kier alpha value is -0.820. The van der Waals surface area contributed by atoms with E-state index in [0.29, 0.717) is 5.41 Å². The summed E-state index contributed by atoms with van der Waals surface area (Å²) in [5, 5.41) is 3.67. The predicted octanol–water partition coefficient (Wildman–Crippen LogP) is 3.86. The van der Waals surface area contributed by atoms with E-state index in [2.05, 4.69) is 38.2 Å². The molecule has 3 rings (SSSR count). The molecule has 1 saturated carbocycles. The lowest BCUT2D eigenvalue weighted by atomic mass is 9.71. The molecule has 1 nitrogen and oxygen atoms in total. The fourth-order valence-corrected chi connectivity index (χ4v) is 4.56. The number of hydrogen-bond acceptors (Lipinski definition) is 1. The summed E-state index contributed by atoms with van der Waals surface area (Å²) in [6.07, 6.45) is 5.72. The van der Waals surface area contributed by atoms with Crippen molar-refractivity contribution in [1.82, 2.24) is 5.32 Å². The molecule has 1 aromatic carbocycles. The Morgan fingerprint density at radius 2 is 1.67 bits per heavy atom. The number of rotatable bonds is 1. The van der Waals surface area contributed by atoms with Crippen molar-refractivity contribution in [2.24, 2.45) is 5.41 Å². The van der Waals surface area contributed by atoms with Crippen LogP contribution in [0.3, 0.4) is 0 Å². The predicted molar refractivity (Wildman–Crippen MR) is 77.2 cm³/mol. The second kappa shape index (κ2) is 4.38. The van der Waals surface area contributed by atoms with Gasteiger partial charge in [0, 0.05) is 19.0 Å². The average Bonchev–Trinajstić information content (AvgIpc) is 2.90. The van der Waals surface area contributed by atoms with E-state index in [4.69, 9.17) is 0 Å². The molecule has 1 aliphatic heterocycles. The minimum Gasteiger partial charge on any atom is -0.316 e. The molecule has 0 radical (unpaired) electrons. The number of nitrogens with one attached hydrogen (secondary N) is 1. The van der Waals surface area contributed by atoms with E-state index in [1.807, 2.05) is 0 Å². The summed E-state index contributed by atoms with van der Waals surface area (Å²) in [7, 11) is 0. The van der Waals surface area contributed by atoms with Crippen LogP contribution < -0.4 is 5.32 Å². The van der Waals surface area contributed by atoms with Gasteiger partial charge in [0.2, 0.25) is 0 Å². The third kappa shape index (κ3) is 1.80.